The first-order valence-corrected chi connectivity index (χ1v) is 6.71. The van der Waals surface area contributed by atoms with Crippen molar-refractivity contribution < 1.29 is 0 Å². The molecule has 16 heavy (non-hydrogen) atoms. The molecule has 0 radical (unpaired) electrons. The largest absolute Gasteiger partial charge is 0.356 e. The Bertz CT molecular complexity index is 293. The number of nitrogens with one attached hydrogen (secondary N) is 2. The summed E-state index contributed by atoms with van der Waals surface area (Å²) in [5.41, 5.74) is 0. The van der Waals surface area contributed by atoms with Gasteiger partial charge in [0.1, 0.15) is 0 Å². The van der Waals surface area contributed by atoms with Crippen molar-refractivity contribution in [1.82, 2.24) is 10.6 Å². The van der Waals surface area contributed by atoms with Crippen LogP contribution in [0.5, 0.6) is 0 Å². The molecule has 0 saturated carbocycles. The first-order chi connectivity index (χ1) is 7.86. The first kappa shape index (κ1) is 13.0. The molecule has 1 aromatic heterocycles. The van der Waals surface area contributed by atoms with Crippen molar-refractivity contribution in [3.8, 4) is 0 Å². The number of guanidine groups is 1. The molecule has 0 aliphatic rings. The fourth-order valence-corrected chi connectivity index (χ4v) is 2.07. The van der Waals surface area contributed by atoms with Crippen LogP contribution >= 0.6 is 11.3 Å². The van der Waals surface area contributed by atoms with E-state index in [2.05, 4.69) is 40.1 Å². The lowest BCUT2D eigenvalue weighted by molar-refractivity contribution is 0.727. The van der Waals surface area contributed by atoms with Crippen molar-refractivity contribution in [2.24, 2.45) is 4.99 Å². The summed E-state index contributed by atoms with van der Waals surface area (Å²) in [5.74, 6) is 0.907. The maximum absolute atomic E-state index is 4.18. The van der Waals surface area contributed by atoms with E-state index in [4.69, 9.17) is 0 Å². The molecule has 90 valence electrons. The molecule has 0 atom stereocenters. The summed E-state index contributed by atoms with van der Waals surface area (Å²) >= 11 is 1.80. The molecule has 0 bridgehead atoms. The number of nitrogens with zero attached hydrogens (tertiary/aromatic N) is 1. The normalized spacial score (nSPS) is 11.5. The second kappa shape index (κ2) is 8.16. The quantitative estimate of drug-likeness (QED) is 0.454. The molecule has 2 N–H and O–H groups in total. The van der Waals surface area contributed by atoms with Crippen molar-refractivity contribution in [3.63, 3.8) is 0 Å². The van der Waals surface area contributed by atoms with E-state index in [1.165, 1.54) is 17.7 Å². The number of unbranched alkanes of at least 4 members (excludes halogenated alkanes) is 1. The zero-order chi connectivity index (χ0) is 11.6. The van der Waals surface area contributed by atoms with E-state index in [9.17, 15) is 0 Å². The van der Waals surface area contributed by atoms with E-state index < -0.39 is 0 Å². The van der Waals surface area contributed by atoms with Crippen molar-refractivity contribution in [2.75, 3.05) is 20.1 Å². The highest BCUT2D eigenvalue weighted by atomic mass is 32.1. The van der Waals surface area contributed by atoms with Crippen LogP contribution in [0, 0.1) is 0 Å². The highest BCUT2D eigenvalue weighted by molar-refractivity contribution is 7.09. The SMILES string of the molecule is CCCCNC(=NC)NCCc1cccs1. The Kier molecular flexibility index (Phi) is 6.65. The number of hydrogen-bond donors (Lipinski definition) is 2. The lowest BCUT2D eigenvalue weighted by Crippen LogP contribution is -2.38. The van der Waals surface area contributed by atoms with Crippen LogP contribution in [0.3, 0.4) is 0 Å². The van der Waals surface area contributed by atoms with Gasteiger partial charge in [-0.1, -0.05) is 19.4 Å². The Morgan fingerprint density at radius 2 is 2.19 bits per heavy atom. The van der Waals surface area contributed by atoms with Crippen LogP contribution in [0.4, 0.5) is 0 Å². The Morgan fingerprint density at radius 1 is 1.38 bits per heavy atom. The Balaban J connectivity index is 2.14. The van der Waals surface area contributed by atoms with Crippen molar-refractivity contribution in [3.05, 3.63) is 22.4 Å². The minimum Gasteiger partial charge on any atom is -0.356 e. The number of thiophene rings is 1. The molecule has 0 aromatic carbocycles. The Hall–Kier alpha value is -1.03. The molecule has 0 amide bonds. The van der Waals surface area contributed by atoms with Crippen molar-refractivity contribution >= 4 is 17.3 Å². The molecule has 4 heteroatoms. The van der Waals surface area contributed by atoms with Crippen molar-refractivity contribution in [1.29, 1.82) is 0 Å². The second-order valence-electron chi connectivity index (χ2n) is 3.61. The lowest BCUT2D eigenvalue weighted by Gasteiger charge is -2.10. The minimum atomic E-state index is 0.907. The molecule has 0 saturated heterocycles. The summed E-state index contributed by atoms with van der Waals surface area (Å²) in [6.45, 7) is 4.12. The smallest absolute Gasteiger partial charge is 0.190 e. The van der Waals surface area contributed by atoms with E-state index >= 15 is 0 Å². The van der Waals surface area contributed by atoms with Crippen LogP contribution in [0.1, 0.15) is 24.6 Å². The van der Waals surface area contributed by atoms with Gasteiger partial charge in [-0.2, -0.15) is 0 Å². The van der Waals surface area contributed by atoms with Gasteiger partial charge in [-0.3, -0.25) is 4.99 Å². The lowest BCUT2D eigenvalue weighted by atomic mass is 10.3. The van der Waals surface area contributed by atoms with E-state index in [-0.39, 0.29) is 0 Å². The van der Waals surface area contributed by atoms with Gasteiger partial charge in [-0.05, 0) is 24.3 Å². The molecule has 0 fully saturated rings. The van der Waals surface area contributed by atoms with Crippen LogP contribution in [0.2, 0.25) is 0 Å². The molecule has 0 aliphatic carbocycles. The van der Waals surface area contributed by atoms with Gasteiger partial charge in [0.15, 0.2) is 5.96 Å². The van der Waals surface area contributed by atoms with Gasteiger partial charge in [0.25, 0.3) is 0 Å². The minimum absolute atomic E-state index is 0.907. The van der Waals surface area contributed by atoms with Gasteiger partial charge in [0.05, 0.1) is 0 Å². The predicted molar refractivity (Wildman–Crippen MR) is 72.3 cm³/mol. The fourth-order valence-electron chi connectivity index (χ4n) is 1.36. The number of hydrogen-bond acceptors (Lipinski definition) is 2. The van der Waals surface area contributed by atoms with Gasteiger partial charge in [-0.25, -0.2) is 0 Å². The average molecular weight is 239 g/mol. The van der Waals surface area contributed by atoms with Gasteiger partial charge >= 0.3 is 0 Å². The molecule has 3 nitrogen and oxygen atoms in total. The van der Waals surface area contributed by atoms with Crippen LogP contribution in [0.15, 0.2) is 22.5 Å². The third kappa shape index (κ3) is 5.16. The molecule has 0 unspecified atom stereocenters. The topological polar surface area (TPSA) is 36.4 Å². The molecule has 1 heterocycles. The third-order valence-corrected chi connectivity index (χ3v) is 3.23. The summed E-state index contributed by atoms with van der Waals surface area (Å²) in [5, 5.41) is 8.72. The summed E-state index contributed by atoms with van der Waals surface area (Å²) in [6.07, 6.45) is 3.46. The van der Waals surface area contributed by atoms with E-state index in [1.54, 1.807) is 11.3 Å². The van der Waals surface area contributed by atoms with Gasteiger partial charge < -0.3 is 10.6 Å². The summed E-state index contributed by atoms with van der Waals surface area (Å²) < 4.78 is 0. The van der Waals surface area contributed by atoms with Crippen LogP contribution in [-0.2, 0) is 6.42 Å². The van der Waals surface area contributed by atoms with Gasteiger partial charge in [-0.15, -0.1) is 11.3 Å². The maximum atomic E-state index is 4.18. The van der Waals surface area contributed by atoms with Crippen LogP contribution in [0.25, 0.3) is 0 Å². The van der Waals surface area contributed by atoms with Gasteiger partial charge in [0.2, 0.25) is 0 Å². The molecular formula is C12H21N3S. The van der Waals surface area contributed by atoms with E-state index in [0.29, 0.717) is 0 Å². The van der Waals surface area contributed by atoms with Crippen molar-refractivity contribution in [2.45, 2.75) is 26.2 Å². The highest BCUT2D eigenvalue weighted by Crippen LogP contribution is 2.07. The van der Waals surface area contributed by atoms with E-state index in [1.807, 2.05) is 7.05 Å². The second-order valence-corrected chi connectivity index (χ2v) is 4.64. The Labute approximate surface area is 102 Å². The first-order valence-electron chi connectivity index (χ1n) is 5.83. The summed E-state index contributed by atoms with van der Waals surface area (Å²) in [7, 11) is 1.81. The maximum Gasteiger partial charge on any atom is 0.190 e. The molecular weight excluding hydrogens is 218 g/mol. The molecule has 0 spiro atoms. The summed E-state index contributed by atoms with van der Waals surface area (Å²) in [4.78, 5) is 5.59. The zero-order valence-electron chi connectivity index (χ0n) is 10.1. The molecule has 1 aromatic rings. The number of rotatable bonds is 6. The highest BCUT2D eigenvalue weighted by Gasteiger charge is 1.97. The standard InChI is InChI=1S/C12H21N3S/c1-3-4-8-14-12(13-2)15-9-7-11-6-5-10-16-11/h5-6,10H,3-4,7-9H2,1-2H3,(H2,13,14,15). The summed E-state index contributed by atoms with van der Waals surface area (Å²) in [6, 6.07) is 4.26. The number of aliphatic imine (C=N–C) groups is 1. The molecule has 1 rings (SSSR count). The monoisotopic (exact) mass is 239 g/mol. The van der Waals surface area contributed by atoms with Crippen LogP contribution < -0.4 is 10.6 Å². The Morgan fingerprint density at radius 3 is 2.81 bits per heavy atom. The van der Waals surface area contributed by atoms with Gasteiger partial charge in [0, 0.05) is 25.0 Å². The van der Waals surface area contributed by atoms with E-state index in [0.717, 1.165) is 25.5 Å². The van der Waals surface area contributed by atoms with Crippen LogP contribution in [-0.4, -0.2) is 26.1 Å². The molecule has 0 aliphatic heterocycles. The average Bonchev–Trinajstić information content (AvgIpc) is 2.80. The third-order valence-electron chi connectivity index (χ3n) is 2.29. The fraction of sp³-hybridized carbons (Fsp3) is 0.583. The zero-order valence-corrected chi connectivity index (χ0v) is 10.9. The predicted octanol–water partition coefficient (Wildman–Crippen LogP) is 2.26.